The quantitative estimate of drug-likeness (QED) is 0.349. The van der Waals surface area contributed by atoms with Crippen molar-refractivity contribution in [2.45, 2.75) is 24.8 Å². The van der Waals surface area contributed by atoms with Gasteiger partial charge in [-0.2, -0.15) is 0 Å². The van der Waals surface area contributed by atoms with Gasteiger partial charge in [0, 0.05) is 23.8 Å². The van der Waals surface area contributed by atoms with Gasteiger partial charge in [0.2, 0.25) is 0 Å². The number of carbonyl (C=O) groups excluding carboxylic acids is 1. The Balaban J connectivity index is 1.72. The Morgan fingerprint density at radius 1 is 0.941 bits per heavy atom. The van der Waals surface area contributed by atoms with Gasteiger partial charge in [-0.1, -0.05) is 83.9 Å². The van der Waals surface area contributed by atoms with Gasteiger partial charge in [-0.25, -0.2) is 0 Å². The van der Waals surface area contributed by atoms with Crippen molar-refractivity contribution in [2.24, 2.45) is 5.92 Å². The maximum Gasteiger partial charge on any atom is 0.172 e. The van der Waals surface area contributed by atoms with Crippen LogP contribution in [0.1, 0.15) is 34.7 Å². The zero-order chi connectivity index (χ0) is 23.9. The molecule has 0 aliphatic carbocycles. The van der Waals surface area contributed by atoms with Gasteiger partial charge >= 0.3 is 0 Å². The lowest BCUT2D eigenvalue weighted by molar-refractivity contribution is 0.0912. The van der Waals surface area contributed by atoms with E-state index in [9.17, 15) is 9.90 Å². The third-order valence-electron chi connectivity index (χ3n) is 6.67. The topological polar surface area (TPSA) is 52.6 Å². The molecule has 4 rings (SSSR count). The van der Waals surface area contributed by atoms with E-state index < -0.39 is 0 Å². The van der Waals surface area contributed by atoms with E-state index in [1.165, 1.54) is 0 Å². The molecule has 1 heterocycles. The van der Waals surface area contributed by atoms with Crippen LogP contribution in [-0.2, 0) is 0 Å². The van der Waals surface area contributed by atoms with Crippen molar-refractivity contribution >= 4 is 34.7 Å². The van der Waals surface area contributed by atoms with Gasteiger partial charge in [0.05, 0.1) is 22.6 Å². The number of hydrogen-bond acceptors (Lipinski definition) is 4. The fourth-order valence-electron chi connectivity index (χ4n) is 4.89. The van der Waals surface area contributed by atoms with Crippen molar-refractivity contribution < 1.29 is 9.90 Å². The van der Waals surface area contributed by atoms with Crippen molar-refractivity contribution in [1.29, 1.82) is 0 Å². The Kier molecular flexibility index (Phi) is 8.63. The van der Waals surface area contributed by atoms with E-state index in [2.05, 4.69) is 10.2 Å². The highest BCUT2D eigenvalue weighted by molar-refractivity contribution is 6.42. The molecule has 0 amide bonds. The molecule has 1 fully saturated rings. The van der Waals surface area contributed by atoms with Gasteiger partial charge in [0.15, 0.2) is 5.78 Å². The summed E-state index contributed by atoms with van der Waals surface area (Å²) in [7, 11) is 0. The van der Waals surface area contributed by atoms with Gasteiger partial charge in [-0.3, -0.25) is 4.79 Å². The van der Waals surface area contributed by atoms with Crippen LogP contribution < -0.4 is 5.32 Å². The Bertz CT molecular complexity index is 1070. The van der Waals surface area contributed by atoms with Crippen LogP contribution >= 0.6 is 23.2 Å². The lowest BCUT2D eigenvalue weighted by Gasteiger charge is -2.40. The minimum Gasteiger partial charge on any atom is -0.395 e. The summed E-state index contributed by atoms with van der Waals surface area (Å²) in [6.45, 7) is 2.63. The molecule has 178 valence electrons. The van der Waals surface area contributed by atoms with Gasteiger partial charge in [0.1, 0.15) is 0 Å². The summed E-state index contributed by atoms with van der Waals surface area (Å²) in [5.74, 6) is -0.00291. The maximum atomic E-state index is 14.0. The molecule has 4 nitrogen and oxygen atoms in total. The Hall–Kier alpha value is -2.37. The second kappa shape index (κ2) is 11.9. The number of aliphatic hydroxyl groups excluding tert-OH is 1. The van der Waals surface area contributed by atoms with Crippen molar-refractivity contribution in [2.75, 3.05) is 31.6 Å². The van der Waals surface area contributed by atoms with Crippen molar-refractivity contribution in [3.63, 3.8) is 0 Å². The minimum absolute atomic E-state index is 0.0992. The summed E-state index contributed by atoms with van der Waals surface area (Å²) in [6.07, 6.45) is 1.87. The number of carbonyl (C=O) groups is 1. The number of rotatable bonds is 9. The first kappa shape index (κ1) is 24.7. The Labute approximate surface area is 211 Å². The first-order valence-electron chi connectivity index (χ1n) is 11.8. The molecule has 2 atom stereocenters. The molecule has 34 heavy (non-hydrogen) atoms. The minimum atomic E-state index is -0.368. The zero-order valence-corrected chi connectivity index (χ0v) is 20.6. The fourth-order valence-corrected chi connectivity index (χ4v) is 5.19. The molecular weight excluding hydrogens is 467 g/mol. The molecule has 0 spiro atoms. The molecule has 2 unspecified atom stereocenters. The van der Waals surface area contributed by atoms with E-state index in [4.69, 9.17) is 23.2 Å². The number of anilines is 1. The van der Waals surface area contributed by atoms with Crippen LogP contribution in [0.4, 0.5) is 5.69 Å². The number of ketones is 1. The van der Waals surface area contributed by atoms with Crippen LogP contribution in [0.15, 0.2) is 78.9 Å². The van der Waals surface area contributed by atoms with Crippen LogP contribution in [0.25, 0.3) is 0 Å². The first-order valence-corrected chi connectivity index (χ1v) is 12.5. The van der Waals surface area contributed by atoms with E-state index in [1.807, 2.05) is 72.8 Å². The molecule has 0 saturated carbocycles. The summed E-state index contributed by atoms with van der Waals surface area (Å²) in [6, 6.07) is 24.9. The highest BCUT2D eigenvalue weighted by Crippen LogP contribution is 2.36. The highest BCUT2D eigenvalue weighted by Gasteiger charge is 2.37. The summed E-state index contributed by atoms with van der Waals surface area (Å²) in [5.41, 5.74) is 2.54. The summed E-state index contributed by atoms with van der Waals surface area (Å²) in [4.78, 5) is 16.3. The molecule has 3 aromatic rings. The number of hydrogen-bond donors (Lipinski definition) is 2. The number of halogens is 2. The average Bonchev–Trinajstić information content (AvgIpc) is 2.87. The molecule has 1 aliphatic rings. The first-order chi connectivity index (χ1) is 16.6. The number of likely N-dealkylation sites (tertiary alicyclic amines) is 1. The molecule has 0 radical (unpaired) electrons. The van der Waals surface area contributed by atoms with Gasteiger partial charge in [-0.05, 0) is 55.6 Å². The highest BCUT2D eigenvalue weighted by atomic mass is 35.5. The molecule has 0 bridgehead atoms. The van der Waals surface area contributed by atoms with E-state index in [1.54, 1.807) is 6.07 Å². The number of benzene rings is 3. The van der Waals surface area contributed by atoms with Crippen molar-refractivity contribution in [3.8, 4) is 0 Å². The third-order valence-corrected chi connectivity index (χ3v) is 7.41. The maximum absolute atomic E-state index is 14.0. The number of piperidine rings is 1. The number of β-amino-alcohol motifs (C(OH)–C–C–N with tert-alkyl or cyclic N) is 1. The second-order valence-electron chi connectivity index (χ2n) is 8.82. The van der Waals surface area contributed by atoms with E-state index in [0.717, 1.165) is 37.2 Å². The monoisotopic (exact) mass is 496 g/mol. The second-order valence-corrected chi connectivity index (χ2v) is 9.63. The van der Waals surface area contributed by atoms with Crippen molar-refractivity contribution in [1.82, 2.24) is 4.90 Å². The normalized spacial score (nSPS) is 16.7. The van der Waals surface area contributed by atoms with Gasteiger partial charge in [-0.15, -0.1) is 0 Å². The zero-order valence-electron chi connectivity index (χ0n) is 19.0. The smallest absolute Gasteiger partial charge is 0.172 e. The third kappa shape index (κ3) is 6.00. The molecule has 3 aromatic carbocycles. The molecule has 2 N–H and O–H groups in total. The SMILES string of the molecule is O=C(c1ccccc1)C(c1ccccc1)C(Nc1ccc(Cl)c(Cl)c1)C1CCN(CCO)CC1. The molecule has 0 aromatic heterocycles. The van der Waals surface area contributed by atoms with E-state index >= 15 is 0 Å². The Morgan fingerprint density at radius 2 is 1.59 bits per heavy atom. The van der Waals surface area contributed by atoms with Crippen LogP contribution in [0.2, 0.25) is 10.0 Å². The number of Topliss-reactive ketones (excluding diaryl/α,β-unsaturated/α-hetero) is 1. The number of aliphatic hydroxyl groups is 1. The van der Waals surface area contributed by atoms with E-state index in [-0.39, 0.29) is 30.3 Å². The standard InChI is InChI=1S/C28H30Cl2N2O2/c29-24-12-11-23(19-25(24)30)31-27(21-13-15-32(16-14-21)17-18-33)26(20-7-3-1-4-8-20)28(34)22-9-5-2-6-10-22/h1-12,19,21,26-27,31,33H,13-18H2. The summed E-state index contributed by atoms with van der Waals surface area (Å²) in [5, 5.41) is 14.0. The predicted molar refractivity (Wildman–Crippen MR) is 140 cm³/mol. The number of nitrogens with one attached hydrogen (secondary N) is 1. The van der Waals surface area contributed by atoms with Crippen LogP contribution in [0.3, 0.4) is 0 Å². The largest absolute Gasteiger partial charge is 0.395 e. The molecule has 1 aliphatic heterocycles. The fraction of sp³-hybridized carbons (Fsp3) is 0.321. The number of nitrogens with zero attached hydrogens (tertiary/aromatic N) is 1. The summed E-state index contributed by atoms with van der Waals surface area (Å²) < 4.78 is 0. The lowest BCUT2D eigenvalue weighted by Crippen LogP contribution is -2.45. The Morgan fingerprint density at radius 3 is 2.21 bits per heavy atom. The van der Waals surface area contributed by atoms with Crippen LogP contribution in [0.5, 0.6) is 0 Å². The van der Waals surface area contributed by atoms with Crippen molar-refractivity contribution in [3.05, 3.63) is 100 Å². The van der Waals surface area contributed by atoms with Gasteiger partial charge in [0.25, 0.3) is 0 Å². The lowest BCUT2D eigenvalue weighted by atomic mass is 9.75. The van der Waals surface area contributed by atoms with Crippen LogP contribution in [0, 0.1) is 5.92 Å². The predicted octanol–water partition coefficient (Wildman–Crippen LogP) is 6.14. The molecular formula is C28H30Cl2N2O2. The van der Waals surface area contributed by atoms with Crippen LogP contribution in [-0.4, -0.2) is 48.1 Å². The summed E-state index contributed by atoms with van der Waals surface area (Å²) >= 11 is 12.5. The average molecular weight is 497 g/mol. The molecule has 1 saturated heterocycles. The van der Waals surface area contributed by atoms with E-state index in [0.29, 0.717) is 22.2 Å². The van der Waals surface area contributed by atoms with Gasteiger partial charge < -0.3 is 15.3 Å². The molecule has 6 heteroatoms.